The molecule has 14 heteroatoms. The van der Waals surface area contributed by atoms with Crippen molar-refractivity contribution >= 4 is 23.9 Å². The Labute approximate surface area is 456 Å². The molecule has 77 heavy (non-hydrogen) atoms. The van der Waals surface area contributed by atoms with Gasteiger partial charge in [0.05, 0.1) is 19.8 Å². The molecule has 2 aliphatic rings. The van der Waals surface area contributed by atoms with E-state index >= 15 is 0 Å². The van der Waals surface area contributed by atoms with Crippen LogP contribution in [0.4, 0.5) is 0 Å². The number of carbonyl (C=O) groups is 4. The lowest BCUT2D eigenvalue weighted by atomic mass is 9.80. The maximum atomic E-state index is 12.8. The predicted molar refractivity (Wildman–Crippen MR) is 295 cm³/mol. The zero-order chi connectivity index (χ0) is 56.7. The van der Waals surface area contributed by atoms with Crippen LogP contribution in [-0.4, -0.2) is 86.1 Å². The molecule has 0 aromatic heterocycles. The first-order valence-electron chi connectivity index (χ1n) is 27.3. The van der Waals surface area contributed by atoms with Gasteiger partial charge in [0.25, 0.3) is 0 Å². The van der Waals surface area contributed by atoms with E-state index in [0.717, 1.165) is 102 Å². The van der Waals surface area contributed by atoms with Crippen molar-refractivity contribution in [2.45, 2.75) is 203 Å². The van der Waals surface area contributed by atoms with Crippen LogP contribution in [0.15, 0.2) is 48.5 Å². The molecule has 8 bridgehead atoms. The van der Waals surface area contributed by atoms with E-state index in [-0.39, 0.29) is 41.4 Å². The van der Waals surface area contributed by atoms with E-state index in [1.54, 1.807) is 12.1 Å². The van der Waals surface area contributed by atoms with Crippen molar-refractivity contribution < 1.29 is 66.9 Å². The number of esters is 4. The molecule has 0 amide bonds. The third-order valence-electron chi connectivity index (χ3n) is 13.6. The van der Waals surface area contributed by atoms with Crippen molar-refractivity contribution in [3.8, 4) is 28.7 Å². The third kappa shape index (κ3) is 15.3. The Balaban J connectivity index is 1.66. The smallest absolute Gasteiger partial charge is 0.305 e. The van der Waals surface area contributed by atoms with Crippen LogP contribution < -0.4 is 18.9 Å². The van der Waals surface area contributed by atoms with E-state index in [2.05, 4.69) is 119 Å². The van der Waals surface area contributed by atoms with Gasteiger partial charge in [-0.25, -0.2) is 0 Å². The van der Waals surface area contributed by atoms with Crippen molar-refractivity contribution in [2.75, 3.05) is 26.4 Å². The second-order valence-corrected chi connectivity index (χ2v) is 23.6. The molecule has 0 saturated carbocycles. The Kier molecular flexibility index (Phi) is 19.5. The van der Waals surface area contributed by atoms with Gasteiger partial charge in [0.1, 0.15) is 41.5 Å². The number of benzene rings is 4. The summed E-state index contributed by atoms with van der Waals surface area (Å²) >= 11 is 0. The first-order chi connectivity index (χ1) is 36.1. The fourth-order valence-electron chi connectivity index (χ4n) is 9.85. The van der Waals surface area contributed by atoms with E-state index in [4.69, 9.17) is 42.6 Å². The van der Waals surface area contributed by atoms with Gasteiger partial charge in [0, 0.05) is 64.5 Å². The van der Waals surface area contributed by atoms with E-state index in [0.29, 0.717) is 49.5 Å². The van der Waals surface area contributed by atoms with Crippen LogP contribution in [0.1, 0.15) is 191 Å². The molecule has 1 aliphatic carbocycles. The molecular weight excluding hydrogens is 981 g/mol. The van der Waals surface area contributed by atoms with Crippen LogP contribution in [0.25, 0.3) is 0 Å². The van der Waals surface area contributed by atoms with Crippen molar-refractivity contribution in [1.82, 2.24) is 0 Å². The van der Waals surface area contributed by atoms with Gasteiger partial charge in [-0.1, -0.05) is 119 Å². The molecule has 14 nitrogen and oxygen atoms in total. The average molecular weight is 1070 g/mol. The monoisotopic (exact) mass is 1060 g/mol. The maximum Gasteiger partial charge on any atom is 0.305 e. The van der Waals surface area contributed by atoms with Gasteiger partial charge in [-0.05, 0) is 97.7 Å². The summed E-state index contributed by atoms with van der Waals surface area (Å²) in [6, 6.07) is 17.0. The van der Waals surface area contributed by atoms with Gasteiger partial charge in [-0.2, -0.15) is 0 Å². The number of rotatable bonds is 16. The highest BCUT2D eigenvalue weighted by Crippen LogP contribution is 2.44. The van der Waals surface area contributed by atoms with Gasteiger partial charge in [0.2, 0.25) is 12.4 Å². The normalized spacial score (nSPS) is 18.6. The molecule has 1 saturated heterocycles. The predicted octanol–water partition coefficient (Wildman–Crippen LogP) is 11.8. The fraction of sp³-hybridized carbons (Fsp3) is 0.556. The lowest BCUT2D eigenvalue weighted by Gasteiger charge is -2.43. The molecule has 1 N–H and O–H groups in total. The maximum absolute atomic E-state index is 12.8. The Bertz CT molecular complexity index is 2650. The third-order valence-corrected chi connectivity index (χ3v) is 13.6. The summed E-state index contributed by atoms with van der Waals surface area (Å²) in [4.78, 5) is 50.3. The summed E-state index contributed by atoms with van der Waals surface area (Å²) in [6.07, 6.45) is -3.34. The van der Waals surface area contributed by atoms with Gasteiger partial charge < -0.3 is 47.7 Å². The molecule has 0 radical (unpaired) electrons. The standard InChI is InChI=1S/C63H84O14/c1-17-20-69-54-42-23-40-33-51(72-35-52-57(73-36(4)64)58(74-37(5)65)59(75-38(6)66)60(77-52)76-39(7)67)34-41(53(40)68)24-43-28-49(62(11,12)13)30-45(55(43)70-21-18-2)26-47-32-50(63(14,15)16)31-46(56(47)71-22-19-3)25-44(54)29-48(27-42)61(8,9)10/h27-34,52,57-60,68H,17-26,35H2,1-16H3/t52-,57-,58+,59-,60-/m1/s1. The van der Waals surface area contributed by atoms with Gasteiger partial charge in [-0.3, -0.25) is 19.2 Å². The molecule has 420 valence electrons. The minimum absolute atomic E-state index is 0.0637. The largest absolute Gasteiger partial charge is 0.507 e. The summed E-state index contributed by atoms with van der Waals surface area (Å²) in [5.74, 6) is -0.367. The Morgan fingerprint density at radius 1 is 0.455 bits per heavy atom. The minimum Gasteiger partial charge on any atom is -0.507 e. The van der Waals surface area contributed by atoms with Crippen LogP contribution in [0, 0.1) is 0 Å². The van der Waals surface area contributed by atoms with Crippen LogP contribution >= 0.6 is 0 Å². The molecule has 4 aromatic rings. The molecule has 1 heterocycles. The number of carbonyl (C=O) groups excluding carboxylic acids is 4. The summed E-state index contributed by atoms with van der Waals surface area (Å²) in [5, 5.41) is 12.8. The second kappa shape index (κ2) is 25.0. The topological polar surface area (TPSA) is 172 Å². The number of phenolic OH excluding ortho intramolecular Hbond substituents is 1. The average Bonchev–Trinajstić information content (AvgIpc) is 3.33. The molecule has 6 rings (SSSR count). The van der Waals surface area contributed by atoms with Crippen molar-refractivity contribution in [3.63, 3.8) is 0 Å². The molecule has 1 fully saturated rings. The van der Waals surface area contributed by atoms with Crippen LogP contribution in [0.5, 0.6) is 28.7 Å². The van der Waals surface area contributed by atoms with Crippen LogP contribution in [0.2, 0.25) is 0 Å². The quantitative estimate of drug-likeness (QED) is 0.0731. The molecule has 1 aliphatic heterocycles. The number of hydrogen-bond donors (Lipinski definition) is 1. The summed E-state index contributed by atoms with van der Waals surface area (Å²) in [7, 11) is 0. The Morgan fingerprint density at radius 3 is 1.08 bits per heavy atom. The highest BCUT2D eigenvalue weighted by Gasteiger charge is 2.53. The second-order valence-electron chi connectivity index (χ2n) is 23.6. The number of phenols is 1. The molecule has 5 atom stereocenters. The SMILES string of the molecule is CCCOc1c2cc(C(C)(C)C)cc1Cc1cc(C(C)(C)C)cc(c1OCCC)Cc1cc(C(C)(C)C)cc(c1OCCC)Cc1cc(OC[C@H]3O[C@@H](OC(C)=O)[C@H](OC(C)=O)[C@@H](OC(C)=O)[C@@H]3OC(C)=O)cc(c1O)C2. The molecule has 4 aromatic carbocycles. The van der Waals surface area contributed by atoms with Crippen molar-refractivity contribution in [1.29, 1.82) is 0 Å². The number of ether oxygens (including phenoxy) is 9. The molecule has 0 unspecified atom stereocenters. The number of hydrogen-bond acceptors (Lipinski definition) is 14. The van der Waals surface area contributed by atoms with Crippen molar-refractivity contribution in [2.24, 2.45) is 0 Å². The van der Waals surface area contributed by atoms with E-state index in [1.165, 1.54) is 12.5 Å². The lowest BCUT2D eigenvalue weighted by Crippen LogP contribution is -2.63. The minimum atomic E-state index is -1.58. The van der Waals surface area contributed by atoms with E-state index in [1.807, 2.05) is 0 Å². The van der Waals surface area contributed by atoms with E-state index < -0.39 is 54.6 Å². The lowest BCUT2D eigenvalue weighted by molar-refractivity contribution is -0.298. The number of fused-ring (bicyclic) bond motifs is 8. The molecule has 0 spiro atoms. The van der Waals surface area contributed by atoms with Gasteiger partial charge in [0.15, 0.2) is 12.2 Å². The van der Waals surface area contributed by atoms with E-state index in [9.17, 15) is 24.3 Å². The highest BCUT2D eigenvalue weighted by atomic mass is 16.7. The zero-order valence-corrected chi connectivity index (χ0v) is 48.5. The van der Waals surface area contributed by atoms with Crippen LogP contribution in [0.3, 0.4) is 0 Å². The first-order valence-corrected chi connectivity index (χ1v) is 27.3. The summed E-state index contributed by atoms with van der Waals surface area (Å²) in [5.41, 5.74) is 9.53. The van der Waals surface area contributed by atoms with Gasteiger partial charge in [-0.15, -0.1) is 0 Å². The number of aromatic hydroxyl groups is 1. The zero-order valence-electron chi connectivity index (χ0n) is 48.5. The Hall–Kier alpha value is -6.28. The fourth-order valence-corrected chi connectivity index (χ4v) is 9.85. The first kappa shape index (κ1) is 60.0. The summed E-state index contributed by atoms with van der Waals surface area (Å²) < 4.78 is 56.0. The highest BCUT2D eigenvalue weighted by molar-refractivity contribution is 5.69. The van der Waals surface area contributed by atoms with Gasteiger partial charge >= 0.3 is 23.9 Å². The summed E-state index contributed by atoms with van der Waals surface area (Å²) in [6.45, 7) is 31.9. The molecular formula is C63H84O14. The van der Waals surface area contributed by atoms with Crippen LogP contribution in [-0.2, 0) is 84.8 Å². The Morgan fingerprint density at radius 2 is 0.766 bits per heavy atom. The van der Waals surface area contributed by atoms with Crippen molar-refractivity contribution in [3.05, 3.63) is 110 Å².